The molecule has 0 saturated heterocycles. The quantitative estimate of drug-likeness (QED) is 0.841. The number of nitrogens with zero attached hydrogens (tertiary/aromatic N) is 1. The van der Waals surface area contributed by atoms with Crippen LogP contribution in [0.15, 0.2) is 21.4 Å². The van der Waals surface area contributed by atoms with Gasteiger partial charge in [0.15, 0.2) is 0 Å². The molecule has 2 rings (SSSR count). The van der Waals surface area contributed by atoms with Crippen molar-refractivity contribution in [3.8, 4) is 0 Å². The smallest absolute Gasteiger partial charge is 0.241 e. The molecule has 0 bridgehead atoms. The molecule has 1 heterocycles. The summed E-state index contributed by atoms with van der Waals surface area (Å²) in [7, 11) is -3.65. The molecule has 21 heavy (non-hydrogen) atoms. The molecule has 0 amide bonds. The van der Waals surface area contributed by atoms with Gasteiger partial charge in [-0.1, -0.05) is 0 Å². The Morgan fingerprint density at radius 3 is 2.24 bits per heavy atom. The number of nitrogens with two attached hydrogens (primary N) is 1. The van der Waals surface area contributed by atoms with Crippen molar-refractivity contribution in [1.82, 2.24) is 9.71 Å². The number of hydrogen-bond acceptors (Lipinski definition) is 5. The highest BCUT2D eigenvalue weighted by Gasteiger charge is 2.20. The Morgan fingerprint density at radius 2 is 1.76 bits per heavy atom. The van der Waals surface area contributed by atoms with Crippen LogP contribution in [0, 0.1) is 27.7 Å². The van der Waals surface area contributed by atoms with E-state index in [1.54, 1.807) is 32.9 Å². The first-order chi connectivity index (χ1) is 9.70. The number of rotatable bonds is 4. The average molecular weight is 309 g/mol. The molecule has 1 aromatic heterocycles. The molecule has 0 fully saturated rings. The maximum atomic E-state index is 12.4. The minimum atomic E-state index is -3.65. The largest absolute Gasteiger partial charge is 0.444 e. The minimum Gasteiger partial charge on any atom is -0.444 e. The molecule has 1 aromatic carbocycles. The van der Waals surface area contributed by atoms with E-state index in [-0.39, 0.29) is 11.4 Å². The molecule has 7 heteroatoms. The van der Waals surface area contributed by atoms with Crippen LogP contribution in [0.2, 0.25) is 0 Å². The fraction of sp³-hybridized carbons (Fsp3) is 0.357. The molecule has 0 radical (unpaired) electrons. The van der Waals surface area contributed by atoms with E-state index in [0.29, 0.717) is 28.5 Å². The number of nitrogen functional groups attached to an aromatic ring is 1. The molecule has 0 atom stereocenters. The SMILES string of the molecule is Cc1cc(N)cc(C)c1S(=O)(=O)NCc1nc(C)c(C)o1. The van der Waals surface area contributed by atoms with Crippen LogP contribution in [0.1, 0.15) is 28.5 Å². The summed E-state index contributed by atoms with van der Waals surface area (Å²) in [5.74, 6) is 1.03. The molecule has 2 aromatic rings. The summed E-state index contributed by atoms with van der Waals surface area (Å²) < 4.78 is 32.7. The minimum absolute atomic E-state index is 0.0142. The number of hydrogen-bond donors (Lipinski definition) is 2. The molecule has 6 nitrogen and oxygen atoms in total. The molecular formula is C14H19N3O3S. The third-order valence-corrected chi connectivity index (χ3v) is 4.94. The van der Waals surface area contributed by atoms with Crippen molar-refractivity contribution in [2.75, 3.05) is 5.73 Å². The molecular weight excluding hydrogens is 290 g/mol. The van der Waals surface area contributed by atoms with Gasteiger partial charge in [-0.25, -0.2) is 18.1 Å². The monoisotopic (exact) mass is 309 g/mol. The second kappa shape index (κ2) is 5.50. The van der Waals surface area contributed by atoms with E-state index >= 15 is 0 Å². The van der Waals surface area contributed by atoms with Crippen LogP contribution in [0.4, 0.5) is 5.69 Å². The zero-order chi connectivity index (χ0) is 15.8. The number of nitrogens with one attached hydrogen (secondary N) is 1. The molecule has 0 saturated carbocycles. The first-order valence-electron chi connectivity index (χ1n) is 6.50. The molecule has 0 aliphatic carbocycles. The zero-order valence-electron chi connectivity index (χ0n) is 12.5. The van der Waals surface area contributed by atoms with Crippen molar-refractivity contribution >= 4 is 15.7 Å². The number of sulfonamides is 1. The highest BCUT2D eigenvalue weighted by Crippen LogP contribution is 2.23. The second-order valence-electron chi connectivity index (χ2n) is 5.06. The summed E-state index contributed by atoms with van der Waals surface area (Å²) in [5, 5.41) is 0. The fourth-order valence-corrected chi connectivity index (χ4v) is 3.67. The van der Waals surface area contributed by atoms with Crippen LogP contribution in [0.3, 0.4) is 0 Å². The first-order valence-corrected chi connectivity index (χ1v) is 7.98. The Balaban J connectivity index is 2.27. The lowest BCUT2D eigenvalue weighted by Gasteiger charge is -2.12. The van der Waals surface area contributed by atoms with Gasteiger partial charge in [0.25, 0.3) is 0 Å². The number of oxazole rings is 1. The van der Waals surface area contributed by atoms with Crippen molar-refractivity contribution in [3.05, 3.63) is 40.6 Å². The molecule has 3 N–H and O–H groups in total. The van der Waals surface area contributed by atoms with Crippen molar-refractivity contribution in [1.29, 1.82) is 0 Å². The van der Waals surface area contributed by atoms with E-state index in [1.165, 1.54) is 0 Å². The Bertz CT molecular complexity index is 736. The van der Waals surface area contributed by atoms with Gasteiger partial charge in [-0.2, -0.15) is 0 Å². The van der Waals surface area contributed by atoms with E-state index in [0.717, 1.165) is 5.69 Å². The van der Waals surface area contributed by atoms with E-state index in [4.69, 9.17) is 10.2 Å². The Morgan fingerprint density at radius 1 is 1.19 bits per heavy atom. The Hall–Kier alpha value is -1.86. The van der Waals surface area contributed by atoms with Crippen LogP contribution in [-0.2, 0) is 16.6 Å². The van der Waals surface area contributed by atoms with Crippen LogP contribution >= 0.6 is 0 Å². The van der Waals surface area contributed by atoms with E-state index in [9.17, 15) is 8.42 Å². The van der Waals surface area contributed by atoms with Crippen LogP contribution in [0.25, 0.3) is 0 Å². The number of benzene rings is 1. The molecule has 0 aliphatic heterocycles. The van der Waals surface area contributed by atoms with Crippen LogP contribution < -0.4 is 10.5 Å². The second-order valence-corrected chi connectivity index (χ2v) is 6.76. The van der Waals surface area contributed by atoms with E-state index < -0.39 is 10.0 Å². The third-order valence-electron chi connectivity index (χ3n) is 3.24. The lowest BCUT2D eigenvalue weighted by Crippen LogP contribution is -2.25. The Kier molecular flexibility index (Phi) is 4.06. The summed E-state index contributed by atoms with van der Waals surface area (Å²) >= 11 is 0. The first kappa shape index (κ1) is 15.5. The molecule has 114 valence electrons. The predicted molar refractivity (Wildman–Crippen MR) is 80.3 cm³/mol. The Labute approximate surface area is 124 Å². The molecule has 0 aliphatic rings. The number of aromatic nitrogens is 1. The average Bonchev–Trinajstić information content (AvgIpc) is 2.65. The lowest BCUT2D eigenvalue weighted by molar-refractivity contribution is 0.463. The van der Waals surface area contributed by atoms with Gasteiger partial charge in [0.2, 0.25) is 15.9 Å². The van der Waals surface area contributed by atoms with Gasteiger partial charge in [-0.05, 0) is 51.0 Å². The fourth-order valence-electron chi connectivity index (χ4n) is 2.25. The predicted octanol–water partition coefficient (Wildman–Crippen LogP) is 1.97. The van der Waals surface area contributed by atoms with Gasteiger partial charge in [-0.15, -0.1) is 0 Å². The van der Waals surface area contributed by atoms with Gasteiger partial charge in [0.1, 0.15) is 5.76 Å². The zero-order valence-corrected chi connectivity index (χ0v) is 13.3. The van der Waals surface area contributed by atoms with Crippen LogP contribution in [0.5, 0.6) is 0 Å². The van der Waals surface area contributed by atoms with E-state index in [1.807, 2.05) is 6.92 Å². The maximum absolute atomic E-state index is 12.4. The van der Waals surface area contributed by atoms with Crippen LogP contribution in [-0.4, -0.2) is 13.4 Å². The van der Waals surface area contributed by atoms with E-state index in [2.05, 4.69) is 9.71 Å². The van der Waals surface area contributed by atoms with Crippen molar-refractivity contribution < 1.29 is 12.8 Å². The molecule has 0 unspecified atom stereocenters. The number of aryl methyl sites for hydroxylation is 4. The summed E-state index contributed by atoms with van der Waals surface area (Å²) in [6.07, 6.45) is 0. The summed E-state index contributed by atoms with van der Waals surface area (Å²) in [4.78, 5) is 4.40. The van der Waals surface area contributed by atoms with Gasteiger partial charge in [-0.3, -0.25) is 0 Å². The summed E-state index contributed by atoms with van der Waals surface area (Å²) in [6, 6.07) is 3.28. The lowest BCUT2D eigenvalue weighted by atomic mass is 10.1. The highest BCUT2D eigenvalue weighted by molar-refractivity contribution is 7.89. The molecule has 0 spiro atoms. The van der Waals surface area contributed by atoms with Crippen molar-refractivity contribution in [2.45, 2.75) is 39.1 Å². The third kappa shape index (κ3) is 3.25. The normalized spacial score (nSPS) is 11.8. The number of anilines is 1. The van der Waals surface area contributed by atoms with Gasteiger partial charge >= 0.3 is 0 Å². The summed E-state index contributed by atoms with van der Waals surface area (Å²) in [6.45, 7) is 7.05. The standard InChI is InChI=1S/C14H19N3O3S/c1-8-5-12(15)6-9(2)14(8)21(18,19)16-7-13-17-10(3)11(4)20-13/h5-6,16H,7,15H2,1-4H3. The van der Waals surface area contributed by atoms with Crippen molar-refractivity contribution in [2.24, 2.45) is 0 Å². The summed E-state index contributed by atoms with van der Waals surface area (Å²) in [5.41, 5.74) is 8.24. The van der Waals surface area contributed by atoms with Gasteiger partial charge in [0.05, 0.1) is 17.1 Å². The topological polar surface area (TPSA) is 98.2 Å². The van der Waals surface area contributed by atoms with Gasteiger partial charge < -0.3 is 10.2 Å². The maximum Gasteiger partial charge on any atom is 0.241 e. The van der Waals surface area contributed by atoms with Gasteiger partial charge in [0, 0.05) is 5.69 Å². The van der Waals surface area contributed by atoms with Crippen molar-refractivity contribution in [3.63, 3.8) is 0 Å². The highest BCUT2D eigenvalue weighted by atomic mass is 32.2.